The number of aliphatic carboxylic acids is 1. The lowest BCUT2D eigenvalue weighted by molar-refractivity contribution is -0.147. The number of H-pyrrole nitrogens is 1. The van der Waals surface area contributed by atoms with Crippen molar-refractivity contribution in [3.8, 4) is 0 Å². The van der Waals surface area contributed by atoms with Gasteiger partial charge >= 0.3 is 5.97 Å². The zero-order chi connectivity index (χ0) is 16.2. The van der Waals surface area contributed by atoms with E-state index in [-0.39, 0.29) is 24.8 Å². The van der Waals surface area contributed by atoms with Crippen LogP contribution in [0.25, 0.3) is 0 Å². The summed E-state index contributed by atoms with van der Waals surface area (Å²) < 4.78 is 0. The second-order valence-electron chi connectivity index (χ2n) is 5.25. The first-order valence-electron chi connectivity index (χ1n) is 6.80. The van der Waals surface area contributed by atoms with Gasteiger partial charge < -0.3 is 15.4 Å². The molecule has 21 heavy (non-hydrogen) atoms. The second-order valence-corrected chi connectivity index (χ2v) is 5.25. The Kier molecular flexibility index (Phi) is 5.23. The van der Waals surface area contributed by atoms with Gasteiger partial charge in [0.05, 0.1) is 0 Å². The number of carboxylic acid groups (broad SMARTS) is 1. The van der Waals surface area contributed by atoms with Crippen LogP contribution in [0.2, 0.25) is 0 Å². The summed E-state index contributed by atoms with van der Waals surface area (Å²) in [7, 11) is 0. The molecule has 1 rings (SSSR count). The molecule has 1 atom stereocenters. The number of nitrogens with zero attached hydrogens (tertiary/aromatic N) is 1. The van der Waals surface area contributed by atoms with Crippen molar-refractivity contribution in [2.24, 2.45) is 0 Å². The van der Waals surface area contributed by atoms with Crippen LogP contribution in [0.5, 0.6) is 0 Å². The fraction of sp³-hybridized carbons (Fsp3) is 0.571. The maximum atomic E-state index is 11.9. The number of amides is 1. The van der Waals surface area contributed by atoms with E-state index in [9.17, 15) is 14.4 Å². The second kappa shape index (κ2) is 6.51. The molecule has 0 saturated carbocycles. The third kappa shape index (κ3) is 4.14. The topological polar surface area (TPSA) is 112 Å². The van der Waals surface area contributed by atoms with Crippen molar-refractivity contribution in [2.75, 3.05) is 0 Å². The summed E-state index contributed by atoms with van der Waals surface area (Å²) in [5, 5.41) is 11.6. The van der Waals surface area contributed by atoms with Crippen LogP contribution in [0.4, 0.5) is 0 Å². The summed E-state index contributed by atoms with van der Waals surface area (Å²) in [6, 6.07) is 0. The SMILES string of the molecule is CCC(C)(NC(=O)CCc1c(C)nc(C)[nH]c1=O)C(=O)O. The zero-order valence-corrected chi connectivity index (χ0v) is 12.7. The van der Waals surface area contributed by atoms with Gasteiger partial charge in [-0.15, -0.1) is 0 Å². The van der Waals surface area contributed by atoms with E-state index >= 15 is 0 Å². The first-order chi connectivity index (χ1) is 9.69. The van der Waals surface area contributed by atoms with Crippen LogP contribution >= 0.6 is 0 Å². The Morgan fingerprint density at radius 3 is 2.48 bits per heavy atom. The van der Waals surface area contributed by atoms with E-state index in [1.807, 2.05) is 0 Å². The van der Waals surface area contributed by atoms with Crippen molar-refractivity contribution in [3.05, 3.63) is 27.4 Å². The van der Waals surface area contributed by atoms with Crippen LogP contribution in [0, 0.1) is 13.8 Å². The van der Waals surface area contributed by atoms with Gasteiger partial charge in [-0.3, -0.25) is 9.59 Å². The highest BCUT2D eigenvalue weighted by molar-refractivity contribution is 5.86. The molecule has 0 bridgehead atoms. The van der Waals surface area contributed by atoms with Crippen molar-refractivity contribution in [2.45, 2.75) is 52.5 Å². The summed E-state index contributed by atoms with van der Waals surface area (Å²) in [4.78, 5) is 41.5. The number of carbonyl (C=O) groups excluding carboxylic acids is 1. The minimum atomic E-state index is -1.29. The Morgan fingerprint density at radius 2 is 2.00 bits per heavy atom. The molecule has 7 nitrogen and oxygen atoms in total. The van der Waals surface area contributed by atoms with E-state index in [4.69, 9.17) is 5.11 Å². The molecule has 0 saturated heterocycles. The Balaban J connectivity index is 2.75. The van der Waals surface area contributed by atoms with E-state index in [0.29, 0.717) is 17.1 Å². The van der Waals surface area contributed by atoms with Crippen LogP contribution in [-0.4, -0.2) is 32.5 Å². The molecule has 1 heterocycles. The molecule has 0 aliphatic heterocycles. The van der Waals surface area contributed by atoms with Crippen molar-refractivity contribution in [3.63, 3.8) is 0 Å². The number of aromatic amines is 1. The van der Waals surface area contributed by atoms with Crippen molar-refractivity contribution in [1.29, 1.82) is 0 Å². The molecule has 0 fully saturated rings. The zero-order valence-electron chi connectivity index (χ0n) is 12.7. The van der Waals surface area contributed by atoms with Crippen LogP contribution in [0.15, 0.2) is 4.79 Å². The molecule has 1 unspecified atom stereocenters. The number of aryl methyl sites for hydroxylation is 2. The smallest absolute Gasteiger partial charge is 0.329 e. The molecular weight excluding hydrogens is 274 g/mol. The largest absolute Gasteiger partial charge is 0.480 e. The van der Waals surface area contributed by atoms with Crippen LogP contribution in [-0.2, 0) is 16.0 Å². The number of nitrogens with one attached hydrogen (secondary N) is 2. The van der Waals surface area contributed by atoms with Crippen LogP contribution in [0.3, 0.4) is 0 Å². The standard InChI is InChI=1S/C14H21N3O4/c1-5-14(4,13(20)21)17-11(18)7-6-10-8(2)15-9(3)16-12(10)19/h5-7H2,1-4H3,(H,17,18)(H,20,21)(H,15,16,19). The fourth-order valence-electron chi connectivity index (χ4n) is 1.95. The highest BCUT2D eigenvalue weighted by Gasteiger charge is 2.32. The highest BCUT2D eigenvalue weighted by atomic mass is 16.4. The van der Waals surface area contributed by atoms with Crippen LogP contribution < -0.4 is 10.9 Å². The Bertz CT molecular complexity index is 609. The van der Waals surface area contributed by atoms with Gasteiger partial charge in [0.25, 0.3) is 5.56 Å². The quantitative estimate of drug-likeness (QED) is 0.714. The number of carboxylic acids is 1. The van der Waals surface area contributed by atoms with E-state index in [1.165, 1.54) is 6.92 Å². The lowest BCUT2D eigenvalue weighted by Gasteiger charge is -2.24. The molecule has 0 aliphatic rings. The molecule has 116 valence electrons. The number of rotatable bonds is 6. The third-order valence-corrected chi connectivity index (χ3v) is 3.54. The monoisotopic (exact) mass is 295 g/mol. The minimum absolute atomic E-state index is 0.0392. The predicted octanol–water partition coefficient (Wildman–Crippen LogP) is 0.689. The Morgan fingerprint density at radius 1 is 1.38 bits per heavy atom. The number of carbonyl (C=O) groups is 2. The normalized spacial score (nSPS) is 13.5. The molecule has 0 aliphatic carbocycles. The van der Waals surface area contributed by atoms with Crippen molar-refractivity contribution in [1.82, 2.24) is 15.3 Å². The Hall–Kier alpha value is -2.18. The van der Waals surface area contributed by atoms with Gasteiger partial charge in [0.2, 0.25) is 5.91 Å². The van der Waals surface area contributed by atoms with E-state index in [2.05, 4.69) is 15.3 Å². The molecular formula is C14H21N3O4. The molecule has 3 N–H and O–H groups in total. The van der Waals surface area contributed by atoms with Crippen molar-refractivity contribution < 1.29 is 14.7 Å². The van der Waals surface area contributed by atoms with Gasteiger partial charge in [-0.2, -0.15) is 0 Å². The molecule has 0 aromatic carbocycles. The maximum Gasteiger partial charge on any atom is 0.329 e. The summed E-state index contributed by atoms with van der Waals surface area (Å²) >= 11 is 0. The molecule has 1 aromatic rings. The van der Waals surface area contributed by atoms with Gasteiger partial charge in [-0.25, -0.2) is 9.78 Å². The average Bonchev–Trinajstić information content (AvgIpc) is 2.36. The first kappa shape index (κ1) is 16.9. The average molecular weight is 295 g/mol. The van der Waals surface area contributed by atoms with Crippen molar-refractivity contribution >= 4 is 11.9 Å². The van der Waals surface area contributed by atoms with Gasteiger partial charge in [0.15, 0.2) is 0 Å². The Labute approximate surface area is 122 Å². The lowest BCUT2D eigenvalue weighted by atomic mass is 9.98. The molecule has 1 aromatic heterocycles. The summed E-state index contributed by atoms with van der Waals surface area (Å²) in [5.74, 6) is -0.958. The van der Waals surface area contributed by atoms with E-state index in [1.54, 1.807) is 20.8 Å². The lowest BCUT2D eigenvalue weighted by Crippen LogP contribution is -2.51. The maximum absolute atomic E-state index is 11.9. The molecule has 1 amide bonds. The summed E-state index contributed by atoms with van der Waals surface area (Å²) in [6.45, 7) is 6.54. The van der Waals surface area contributed by atoms with Gasteiger partial charge in [-0.1, -0.05) is 6.92 Å². The summed E-state index contributed by atoms with van der Waals surface area (Å²) in [5.41, 5.74) is -0.515. The number of aromatic nitrogens is 2. The molecule has 7 heteroatoms. The fourth-order valence-corrected chi connectivity index (χ4v) is 1.95. The van der Waals surface area contributed by atoms with E-state index < -0.39 is 17.4 Å². The van der Waals surface area contributed by atoms with E-state index in [0.717, 1.165) is 0 Å². The van der Waals surface area contributed by atoms with Gasteiger partial charge in [0.1, 0.15) is 11.4 Å². The molecule has 0 spiro atoms. The summed E-state index contributed by atoms with van der Waals surface area (Å²) in [6.07, 6.45) is 0.539. The number of hydrogen-bond acceptors (Lipinski definition) is 4. The third-order valence-electron chi connectivity index (χ3n) is 3.54. The van der Waals surface area contributed by atoms with Crippen LogP contribution in [0.1, 0.15) is 43.8 Å². The minimum Gasteiger partial charge on any atom is -0.480 e. The highest BCUT2D eigenvalue weighted by Crippen LogP contribution is 2.10. The predicted molar refractivity (Wildman–Crippen MR) is 77.1 cm³/mol. The van der Waals surface area contributed by atoms with Gasteiger partial charge in [-0.05, 0) is 33.6 Å². The van der Waals surface area contributed by atoms with Gasteiger partial charge in [0, 0.05) is 17.7 Å². The number of hydrogen-bond donors (Lipinski definition) is 3. The first-order valence-corrected chi connectivity index (χ1v) is 6.80. The molecule has 0 radical (unpaired) electrons.